The zero-order valence-electron chi connectivity index (χ0n) is 11.0. The summed E-state index contributed by atoms with van der Waals surface area (Å²) in [7, 11) is 1.97. The maximum absolute atomic E-state index is 10.6. The summed E-state index contributed by atoms with van der Waals surface area (Å²) in [5, 5.41) is 14.3. The molecule has 0 aliphatic carbocycles. The molecule has 0 amide bonds. The summed E-state index contributed by atoms with van der Waals surface area (Å²) in [4.78, 5) is 16.4. The topological polar surface area (TPSA) is 71.3 Å². The molecule has 1 saturated heterocycles. The number of aromatic nitrogens is 1. The highest BCUT2D eigenvalue weighted by Gasteiger charge is 2.29. The molecule has 104 valence electrons. The monoisotopic (exact) mass is 284 g/mol. The van der Waals surface area contributed by atoms with Crippen molar-refractivity contribution in [3.8, 4) is 0 Å². The Balaban J connectivity index is 2.14. The molecule has 1 aromatic rings. The molecule has 1 aromatic heterocycles. The number of hydrogen-bond donors (Lipinski definition) is 1. The number of nitro groups is 1. The van der Waals surface area contributed by atoms with Gasteiger partial charge < -0.3 is 10.2 Å². The number of anilines is 1. The molecule has 1 aliphatic heterocycles. The predicted octanol–water partition coefficient (Wildman–Crippen LogP) is 2.22. The third-order valence-corrected chi connectivity index (χ3v) is 4.07. The molecule has 0 saturated carbocycles. The fourth-order valence-electron chi connectivity index (χ4n) is 2.22. The lowest BCUT2D eigenvalue weighted by molar-refractivity contribution is -0.385. The average molecular weight is 285 g/mol. The summed E-state index contributed by atoms with van der Waals surface area (Å²) in [6.07, 6.45) is 3.23. The standard InChI is InChI=1S/C12H17ClN4O2/c1-12(14-2)3-5-16(6-4-12)11-10(13)7-9(8-15-11)17(18)19/h7-8,14H,3-6H2,1-2H3. The highest BCUT2D eigenvalue weighted by atomic mass is 35.5. The summed E-state index contributed by atoms with van der Waals surface area (Å²) < 4.78 is 0. The molecule has 2 heterocycles. The number of halogens is 1. The number of pyridine rings is 1. The SMILES string of the molecule is CNC1(C)CCN(c2ncc([N+](=O)[O-])cc2Cl)CC1. The molecule has 6 nitrogen and oxygen atoms in total. The van der Waals surface area contributed by atoms with Crippen LogP contribution in [0.3, 0.4) is 0 Å². The van der Waals surface area contributed by atoms with Crippen molar-refractivity contribution in [1.82, 2.24) is 10.3 Å². The first-order valence-electron chi connectivity index (χ1n) is 6.19. The molecule has 0 unspecified atom stereocenters. The van der Waals surface area contributed by atoms with E-state index in [1.54, 1.807) is 0 Å². The Labute approximate surface area is 116 Å². The molecule has 1 N–H and O–H groups in total. The zero-order valence-corrected chi connectivity index (χ0v) is 11.8. The molecule has 0 spiro atoms. The van der Waals surface area contributed by atoms with Crippen LogP contribution in [-0.4, -0.2) is 35.6 Å². The summed E-state index contributed by atoms with van der Waals surface area (Å²) in [5.74, 6) is 0.630. The first-order valence-corrected chi connectivity index (χ1v) is 6.57. The van der Waals surface area contributed by atoms with Crippen LogP contribution in [0.1, 0.15) is 19.8 Å². The lowest BCUT2D eigenvalue weighted by atomic mass is 9.90. The summed E-state index contributed by atoms with van der Waals surface area (Å²) >= 11 is 6.09. The van der Waals surface area contributed by atoms with E-state index in [0.29, 0.717) is 10.8 Å². The number of hydrogen-bond acceptors (Lipinski definition) is 5. The van der Waals surface area contributed by atoms with Crippen LogP contribution < -0.4 is 10.2 Å². The minimum Gasteiger partial charge on any atom is -0.355 e. The number of rotatable bonds is 3. The Bertz CT molecular complexity index is 487. The molecule has 7 heteroatoms. The quantitative estimate of drug-likeness (QED) is 0.681. The second-order valence-corrected chi connectivity index (χ2v) is 5.46. The van der Waals surface area contributed by atoms with Gasteiger partial charge in [0.05, 0.1) is 9.95 Å². The van der Waals surface area contributed by atoms with E-state index in [0.717, 1.165) is 25.9 Å². The van der Waals surface area contributed by atoms with Crippen LogP contribution in [0.2, 0.25) is 5.02 Å². The van der Waals surface area contributed by atoms with Crippen LogP contribution in [0.15, 0.2) is 12.3 Å². The van der Waals surface area contributed by atoms with Crippen molar-refractivity contribution in [2.75, 3.05) is 25.0 Å². The summed E-state index contributed by atoms with van der Waals surface area (Å²) in [6, 6.07) is 1.36. The third-order valence-electron chi connectivity index (χ3n) is 3.79. The van der Waals surface area contributed by atoms with Gasteiger partial charge in [-0.2, -0.15) is 0 Å². The van der Waals surface area contributed by atoms with Crippen molar-refractivity contribution in [3.63, 3.8) is 0 Å². The van der Waals surface area contributed by atoms with Crippen LogP contribution in [0, 0.1) is 10.1 Å². The Morgan fingerprint density at radius 2 is 2.16 bits per heavy atom. The molecule has 2 rings (SSSR count). The van der Waals surface area contributed by atoms with Gasteiger partial charge in [-0.1, -0.05) is 11.6 Å². The van der Waals surface area contributed by atoms with Gasteiger partial charge in [-0.3, -0.25) is 10.1 Å². The van der Waals surface area contributed by atoms with Gasteiger partial charge >= 0.3 is 0 Å². The molecule has 1 aliphatic rings. The van der Waals surface area contributed by atoms with Gasteiger partial charge in [0.2, 0.25) is 0 Å². The van der Waals surface area contributed by atoms with E-state index in [4.69, 9.17) is 11.6 Å². The molecular weight excluding hydrogens is 268 g/mol. The van der Waals surface area contributed by atoms with Crippen LogP contribution in [0.25, 0.3) is 0 Å². The fourth-order valence-corrected chi connectivity index (χ4v) is 2.50. The minimum absolute atomic E-state index is 0.0779. The second kappa shape index (κ2) is 5.30. The molecule has 19 heavy (non-hydrogen) atoms. The Morgan fingerprint density at radius 1 is 1.53 bits per heavy atom. The average Bonchev–Trinajstić information content (AvgIpc) is 2.40. The highest BCUT2D eigenvalue weighted by Crippen LogP contribution is 2.31. The maximum atomic E-state index is 10.6. The minimum atomic E-state index is -0.489. The van der Waals surface area contributed by atoms with Crippen LogP contribution in [0.4, 0.5) is 11.5 Å². The van der Waals surface area contributed by atoms with Gasteiger partial charge in [-0.15, -0.1) is 0 Å². The molecule has 0 aromatic carbocycles. The molecule has 1 fully saturated rings. The van der Waals surface area contributed by atoms with E-state index in [1.165, 1.54) is 12.3 Å². The first-order chi connectivity index (χ1) is 8.95. The molecule has 0 radical (unpaired) electrons. The number of nitrogens with one attached hydrogen (secondary N) is 1. The third kappa shape index (κ3) is 2.96. The summed E-state index contributed by atoms with van der Waals surface area (Å²) in [5.41, 5.74) is 0.0647. The van der Waals surface area contributed by atoms with Gasteiger partial charge in [-0.05, 0) is 26.8 Å². The van der Waals surface area contributed by atoms with Crippen molar-refractivity contribution >= 4 is 23.1 Å². The van der Waals surface area contributed by atoms with Gasteiger partial charge in [0.25, 0.3) is 5.69 Å². The van der Waals surface area contributed by atoms with E-state index >= 15 is 0 Å². The van der Waals surface area contributed by atoms with Crippen LogP contribution >= 0.6 is 11.6 Å². The van der Waals surface area contributed by atoms with Crippen LogP contribution in [0.5, 0.6) is 0 Å². The fraction of sp³-hybridized carbons (Fsp3) is 0.583. The smallest absolute Gasteiger partial charge is 0.289 e. The Hall–Kier alpha value is -1.40. The van der Waals surface area contributed by atoms with Crippen molar-refractivity contribution in [1.29, 1.82) is 0 Å². The normalized spacial score (nSPS) is 18.4. The van der Waals surface area contributed by atoms with Crippen molar-refractivity contribution in [3.05, 3.63) is 27.4 Å². The second-order valence-electron chi connectivity index (χ2n) is 5.05. The number of piperidine rings is 1. The van der Waals surface area contributed by atoms with E-state index in [-0.39, 0.29) is 11.2 Å². The largest absolute Gasteiger partial charge is 0.355 e. The van der Waals surface area contributed by atoms with Crippen molar-refractivity contribution in [2.45, 2.75) is 25.3 Å². The Kier molecular flexibility index (Phi) is 3.91. The van der Waals surface area contributed by atoms with Gasteiger partial charge in [0.15, 0.2) is 0 Å². The van der Waals surface area contributed by atoms with Gasteiger partial charge in [0.1, 0.15) is 12.0 Å². The zero-order chi connectivity index (χ0) is 14.0. The van der Waals surface area contributed by atoms with Gasteiger partial charge in [-0.25, -0.2) is 4.98 Å². The van der Waals surface area contributed by atoms with E-state index in [1.807, 2.05) is 7.05 Å². The summed E-state index contributed by atoms with van der Waals surface area (Å²) in [6.45, 7) is 3.86. The van der Waals surface area contributed by atoms with Crippen LogP contribution in [-0.2, 0) is 0 Å². The van der Waals surface area contributed by atoms with Gasteiger partial charge in [0, 0.05) is 24.7 Å². The molecular formula is C12H17ClN4O2. The van der Waals surface area contributed by atoms with E-state index in [9.17, 15) is 10.1 Å². The van der Waals surface area contributed by atoms with Crippen molar-refractivity contribution < 1.29 is 4.92 Å². The maximum Gasteiger partial charge on any atom is 0.289 e. The number of nitrogens with zero attached hydrogens (tertiary/aromatic N) is 3. The molecule has 0 atom stereocenters. The first kappa shape index (κ1) is 14.0. The van der Waals surface area contributed by atoms with E-state index < -0.39 is 4.92 Å². The predicted molar refractivity (Wildman–Crippen MR) is 74.8 cm³/mol. The molecule has 0 bridgehead atoms. The lowest BCUT2D eigenvalue weighted by Crippen LogP contribution is -2.50. The van der Waals surface area contributed by atoms with Crippen molar-refractivity contribution in [2.24, 2.45) is 0 Å². The Morgan fingerprint density at radius 3 is 2.63 bits per heavy atom. The highest BCUT2D eigenvalue weighted by molar-refractivity contribution is 6.33. The van der Waals surface area contributed by atoms with E-state index in [2.05, 4.69) is 22.1 Å². The lowest BCUT2D eigenvalue weighted by Gasteiger charge is -2.40.